The van der Waals surface area contributed by atoms with Gasteiger partial charge in [0, 0.05) is 47.4 Å². The minimum Gasteiger partial charge on any atom is -0.389 e. The molecule has 2 aromatic carbocycles. The molecule has 0 aliphatic carbocycles. The molecule has 0 atom stereocenters. The number of nitrogens with one attached hydrogen (secondary N) is 1. The van der Waals surface area contributed by atoms with E-state index in [1.165, 1.54) is 5.56 Å². The number of benzene rings is 2. The van der Waals surface area contributed by atoms with Gasteiger partial charge in [-0.05, 0) is 55.4 Å². The van der Waals surface area contributed by atoms with E-state index >= 15 is 0 Å². The number of thiocarbonyl (C=S) groups is 1. The summed E-state index contributed by atoms with van der Waals surface area (Å²) in [6, 6.07) is 14.8. The first-order valence-electron chi connectivity index (χ1n) is 13.1. The molecule has 0 saturated carbocycles. The molecule has 0 radical (unpaired) electrons. The first kappa shape index (κ1) is 26.4. The van der Waals surface area contributed by atoms with Crippen LogP contribution in [0.15, 0.2) is 55.0 Å². The smallest absolute Gasteiger partial charge is 0.214 e. The lowest BCUT2D eigenvalue weighted by Crippen LogP contribution is -2.40. The number of aromatic amines is 1. The number of nitrogens with zero attached hydrogens (tertiary/aromatic N) is 3. The number of piperidine rings is 1. The van der Waals surface area contributed by atoms with Crippen LogP contribution in [-0.4, -0.2) is 51.1 Å². The van der Waals surface area contributed by atoms with E-state index in [1.54, 1.807) is 10.6 Å². The fourth-order valence-corrected chi connectivity index (χ4v) is 7.08. The van der Waals surface area contributed by atoms with E-state index in [4.69, 9.17) is 23.7 Å². The summed E-state index contributed by atoms with van der Waals surface area (Å²) in [5, 5.41) is 1.15. The van der Waals surface area contributed by atoms with Gasteiger partial charge in [-0.25, -0.2) is 17.7 Å². The highest BCUT2D eigenvalue weighted by Crippen LogP contribution is 2.37. The topological polar surface area (TPSA) is 123 Å². The van der Waals surface area contributed by atoms with E-state index in [2.05, 4.69) is 45.0 Å². The second kappa shape index (κ2) is 10.9. The minimum atomic E-state index is -3.19. The largest absolute Gasteiger partial charge is 0.389 e. The summed E-state index contributed by atoms with van der Waals surface area (Å²) in [5.41, 5.74) is 18.2. The Morgan fingerprint density at radius 2 is 1.95 bits per heavy atom. The first-order valence-corrected chi connectivity index (χ1v) is 15.1. The normalized spacial score (nSPS) is 15.3. The van der Waals surface area contributed by atoms with Crippen LogP contribution in [0.4, 0.5) is 5.82 Å². The van der Waals surface area contributed by atoms with Gasteiger partial charge in [-0.2, -0.15) is 0 Å². The molecular formula is C28H34N6O2S2. The summed E-state index contributed by atoms with van der Waals surface area (Å²) in [6.07, 6.45) is 7.61. The molecule has 0 unspecified atom stereocenters. The zero-order valence-electron chi connectivity index (χ0n) is 21.6. The molecule has 2 aromatic heterocycles. The predicted octanol–water partition coefficient (Wildman–Crippen LogP) is 4.41. The van der Waals surface area contributed by atoms with Gasteiger partial charge in [0.15, 0.2) is 0 Å². The maximum Gasteiger partial charge on any atom is 0.214 e. The molecule has 0 bridgehead atoms. The van der Waals surface area contributed by atoms with Crippen LogP contribution in [0.2, 0.25) is 0 Å². The monoisotopic (exact) mass is 550 g/mol. The van der Waals surface area contributed by atoms with Gasteiger partial charge in [-0.1, -0.05) is 49.5 Å². The average Bonchev–Trinajstić information content (AvgIpc) is 3.50. The number of imidazole rings is 1. The highest BCUT2D eigenvalue weighted by Gasteiger charge is 2.29. The Morgan fingerprint density at radius 3 is 2.63 bits per heavy atom. The van der Waals surface area contributed by atoms with Crippen molar-refractivity contribution < 1.29 is 8.42 Å². The van der Waals surface area contributed by atoms with Crippen LogP contribution < -0.4 is 11.5 Å². The molecule has 0 amide bonds. The molecule has 5 N–H and O–H groups in total. The Labute approximate surface area is 229 Å². The number of fused-ring (bicyclic) bond motifs is 1. The number of hydrogen-bond acceptors (Lipinski definition) is 5. The fourth-order valence-electron chi connectivity index (χ4n) is 5.41. The van der Waals surface area contributed by atoms with Crippen molar-refractivity contribution in [3.05, 3.63) is 71.8 Å². The summed E-state index contributed by atoms with van der Waals surface area (Å²) < 4.78 is 29.3. The van der Waals surface area contributed by atoms with Gasteiger partial charge in [0.1, 0.15) is 10.8 Å². The Bertz CT molecular complexity index is 1570. The minimum absolute atomic E-state index is 0.205. The van der Waals surface area contributed by atoms with Gasteiger partial charge < -0.3 is 21.0 Å². The maximum absolute atomic E-state index is 12.6. The van der Waals surface area contributed by atoms with Gasteiger partial charge in [0.2, 0.25) is 10.0 Å². The second-order valence-electron chi connectivity index (χ2n) is 9.96. The molecule has 200 valence electrons. The number of hydrogen-bond donors (Lipinski definition) is 3. The Morgan fingerprint density at radius 1 is 1.16 bits per heavy atom. The van der Waals surface area contributed by atoms with Crippen molar-refractivity contribution >= 4 is 44.0 Å². The zero-order valence-corrected chi connectivity index (χ0v) is 23.2. The van der Waals surface area contributed by atoms with Crippen LogP contribution >= 0.6 is 12.2 Å². The van der Waals surface area contributed by atoms with Gasteiger partial charge in [-0.15, -0.1) is 0 Å². The predicted molar refractivity (Wildman–Crippen MR) is 158 cm³/mol. The van der Waals surface area contributed by atoms with Gasteiger partial charge >= 0.3 is 0 Å². The second-order valence-corrected chi connectivity index (χ2v) is 12.5. The fraction of sp³-hybridized carbons (Fsp3) is 0.357. The highest BCUT2D eigenvalue weighted by atomic mass is 32.2. The molecule has 1 aliphatic rings. The molecule has 0 spiro atoms. The summed E-state index contributed by atoms with van der Waals surface area (Å²) in [6.45, 7) is 2.98. The number of nitrogens with two attached hydrogens (primary N) is 2. The van der Waals surface area contributed by atoms with Crippen LogP contribution in [0.25, 0.3) is 22.0 Å². The molecule has 5 rings (SSSR count). The third-order valence-corrected chi connectivity index (χ3v) is 9.76. The van der Waals surface area contributed by atoms with Crippen LogP contribution in [0.5, 0.6) is 0 Å². The third kappa shape index (κ3) is 5.34. The highest BCUT2D eigenvalue weighted by molar-refractivity contribution is 7.89. The van der Waals surface area contributed by atoms with Crippen LogP contribution in [0, 0.1) is 0 Å². The van der Waals surface area contributed by atoms with Crippen molar-refractivity contribution in [3.63, 3.8) is 0 Å². The maximum atomic E-state index is 12.6. The van der Waals surface area contributed by atoms with Gasteiger partial charge in [0.25, 0.3) is 0 Å². The van der Waals surface area contributed by atoms with Gasteiger partial charge in [0.05, 0.1) is 17.8 Å². The molecule has 8 nitrogen and oxygen atoms in total. The number of nitrogen functional groups attached to an aromatic ring is 1. The lowest BCUT2D eigenvalue weighted by Gasteiger charge is -2.32. The average molecular weight is 551 g/mol. The van der Waals surface area contributed by atoms with Crippen molar-refractivity contribution in [3.8, 4) is 11.1 Å². The molecule has 1 aliphatic heterocycles. The number of H-pyrrole nitrogens is 1. The SMILES string of the molecule is CCCS(=O)(=O)N1CCC(n2cc(-c3cccc(C(N)=S)c3)c3ccc(CCc4[nH]cnc4N)cc32)CC1. The lowest BCUT2D eigenvalue weighted by atomic mass is 10.0. The first-order chi connectivity index (χ1) is 18.3. The van der Waals surface area contributed by atoms with E-state index in [1.807, 2.05) is 25.1 Å². The summed E-state index contributed by atoms with van der Waals surface area (Å²) in [4.78, 5) is 7.60. The summed E-state index contributed by atoms with van der Waals surface area (Å²) in [7, 11) is -3.19. The van der Waals surface area contributed by atoms with E-state index in [0.29, 0.717) is 30.3 Å². The van der Waals surface area contributed by atoms with Crippen LogP contribution in [0.3, 0.4) is 0 Å². The molecule has 1 fully saturated rings. The lowest BCUT2D eigenvalue weighted by molar-refractivity contribution is 0.278. The number of sulfonamides is 1. The van der Waals surface area contributed by atoms with E-state index in [-0.39, 0.29) is 11.8 Å². The number of rotatable bonds is 9. The standard InChI is InChI=1S/C28H34N6O2S2/c1-2-14-38(35,36)33-12-10-22(11-13-33)34-17-24(20-4-3-5-21(16-20)28(30)37)23-8-6-19(15-26(23)34)7-9-25-27(29)32-18-31-25/h3-6,8,15-18,22H,2,7,9-14,29H2,1H3,(H2,30,37)(H,31,32). The summed E-state index contributed by atoms with van der Waals surface area (Å²) >= 11 is 5.23. The van der Waals surface area contributed by atoms with Crippen LogP contribution in [0.1, 0.15) is 49.0 Å². The summed E-state index contributed by atoms with van der Waals surface area (Å²) in [5.74, 6) is 0.747. The van der Waals surface area contributed by atoms with E-state index < -0.39 is 10.0 Å². The van der Waals surface area contributed by atoms with Crippen molar-refractivity contribution in [2.75, 3.05) is 24.6 Å². The quantitative estimate of drug-likeness (QED) is 0.265. The Kier molecular flexibility index (Phi) is 7.56. The molecule has 38 heavy (non-hydrogen) atoms. The number of anilines is 1. The Hall–Kier alpha value is -3.21. The van der Waals surface area contributed by atoms with E-state index in [0.717, 1.165) is 59.0 Å². The van der Waals surface area contributed by atoms with Crippen molar-refractivity contribution in [2.45, 2.75) is 45.1 Å². The van der Waals surface area contributed by atoms with Crippen molar-refractivity contribution in [1.29, 1.82) is 0 Å². The molecule has 4 aromatic rings. The van der Waals surface area contributed by atoms with E-state index in [9.17, 15) is 8.42 Å². The molecular weight excluding hydrogens is 516 g/mol. The molecule has 3 heterocycles. The zero-order chi connectivity index (χ0) is 26.9. The number of aryl methyl sites for hydroxylation is 2. The number of aromatic nitrogens is 3. The molecule has 10 heteroatoms. The molecule has 1 saturated heterocycles. The third-order valence-electron chi connectivity index (χ3n) is 7.44. The van der Waals surface area contributed by atoms with Crippen molar-refractivity contribution in [2.24, 2.45) is 5.73 Å². The Balaban J connectivity index is 1.50. The van der Waals surface area contributed by atoms with Gasteiger partial charge in [-0.3, -0.25) is 0 Å². The van der Waals surface area contributed by atoms with Crippen LogP contribution in [-0.2, 0) is 22.9 Å². The van der Waals surface area contributed by atoms with Crippen molar-refractivity contribution in [1.82, 2.24) is 18.8 Å².